The minimum Gasteiger partial charge on any atom is -0.388 e. The largest absolute Gasteiger partial charge is 0.388 e. The Hall–Kier alpha value is -3.52. The van der Waals surface area contributed by atoms with Gasteiger partial charge < -0.3 is 19.9 Å². The van der Waals surface area contributed by atoms with Gasteiger partial charge in [-0.3, -0.25) is 9.59 Å². The number of nitrogens with one attached hydrogen (secondary N) is 1. The summed E-state index contributed by atoms with van der Waals surface area (Å²) in [4.78, 5) is 31.6. The van der Waals surface area contributed by atoms with E-state index in [0.29, 0.717) is 18.5 Å². The van der Waals surface area contributed by atoms with E-state index in [1.807, 2.05) is 30.3 Å². The maximum Gasteiger partial charge on any atom is 0.263 e. The summed E-state index contributed by atoms with van der Waals surface area (Å²) in [5.74, 6) is -0.878. The first-order chi connectivity index (χ1) is 15.3. The van der Waals surface area contributed by atoms with Crippen molar-refractivity contribution in [1.29, 1.82) is 0 Å². The van der Waals surface area contributed by atoms with Crippen LogP contribution < -0.4 is 15.8 Å². The Labute approximate surface area is 185 Å². The standard InChI is InChI=1S/C24H25FN4O3/c1-16-10-11-18(23(32)28(16)2)22(31)27-24(17-7-4-3-5-8-17)12-14-29(15-20(24)30)21-19(25)9-6-13-26-21/h3-11,13,20,30H,12,14-15H2,1-2H3,(H,27,31)/t20-,24+/m1/s1. The number of carbonyl (C=O) groups is 1. The third kappa shape index (κ3) is 3.78. The number of aromatic nitrogens is 2. The molecule has 0 spiro atoms. The fraction of sp³-hybridized carbons (Fsp3) is 0.292. The lowest BCUT2D eigenvalue weighted by molar-refractivity contribution is 0.0362. The molecule has 2 N–H and O–H groups in total. The second kappa shape index (κ2) is 8.55. The third-order valence-electron chi connectivity index (χ3n) is 6.20. The van der Waals surface area contributed by atoms with Crippen molar-refractivity contribution in [3.63, 3.8) is 0 Å². The Morgan fingerprint density at radius 1 is 1.19 bits per heavy atom. The molecule has 4 rings (SSSR count). The molecular weight excluding hydrogens is 411 g/mol. The molecule has 32 heavy (non-hydrogen) atoms. The van der Waals surface area contributed by atoms with Crippen LogP contribution in [-0.4, -0.2) is 39.8 Å². The molecule has 1 saturated heterocycles. The predicted octanol–water partition coefficient (Wildman–Crippen LogP) is 2.12. The van der Waals surface area contributed by atoms with E-state index >= 15 is 0 Å². The van der Waals surface area contributed by atoms with E-state index in [2.05, 4.69) is 10.3 Å². The number of hydrogen-bond donors (Lipinski definition) is 2. The van der Waals surface area contributed by atoms with Gasteiger partial charge in [0.05, 0.1) is 11.6 Å². The maximum absolute atomic E-state index is 14.3. The zero-order valence-corrected chi connectivity index (χ0v) is 18.0. The van der Waals surface area contributed by atoms with Crippen molar-refractivity contribution >= 4 is 11.7 Å². The van der Waals surface area contributed by atoms with Gasteiger partial charge in [0.1, 0.15) is 5.56 Å². The minimum absolute atomic E-state index is 0.00111. The van der Waals surface area contributed by atoms with E-state index in [1.165, 1.54) is 29.0 Å². The zero-order valence-electron chi connectivity index (χ0n) is 18.0. The third-order valence-corrected chi connectivity index (χ3v) is 6.20. The molecule has 0 aliphatic carbocycles. The van der Waals surface area contributed by atoms with Crippen LogP contribution in [0.25, 0.3) is 0 Å². The summed E-state index contributed by atoms with van der Waals surface area (Å²) < 4.78 is 15.7. The normalized spacial score (nSPS) is 20.8. The monoisotopic (exact) mass is 436 g/mol. The molecule has 1 aliphatic rings. The lowest BCUT2D eigenvalue weighted by atomic mass is 9.78. The average Bonchev–Trinajstić information content (AvgIpc) is 2.80. The summed E-state index contributed by atoms with van der Waals surface area (Å²) in [6.45, 7) is 2.20. The van der Waals surface area contributed by atoms with Gasteiger partial charge in [-0.15, -0.1) is 0 Å². The number of hydrogen-bond acceptors (Lipinski definition) is 5. The first-order valence-corrected chi connectivity index (χ1v) is 10.4. The molecule has 7 nitrogen and oxygen atoms in total. The highest BCUT2D eigenvalue weighted by Crippen LogP contribution is 2.35. The molecular formula is C24H25FN4O3. The van der Waals surface area contributed by atoms with Crippen LogP contribution in [0.5, 0.6) is 0 Å². The number of halogens is 1. The fourth-order valence-corrected chi connectivity index (χ4v) is 4.20. The molecule has 3 aromatic rings. The van der Waals surface area contributed by atoms with Gasteiger partial charge >= 0.3 is 0 Å². The number of pyridine rings is 2. The van der Waals surface area contributed by atoms with Crippen molar-refractivity contribution in [2.75, 3.05) is 18.0 Å². The Morgan fingerprint density at radius 2 is 1.94 bits per heavy atom. The summed E-state index contributed by atoms with van der Waals surface area (Å²) in [5.41, 5.74) is -0.108. The molecule has 1 aromatic carbocycles. The van der Waals surface area contributed by atoms with Crippen LogP contribution >= 0.6 is 0 Å². The zero-order chi connectivity index (χ0) is 22.9. The van der Waals surface area contributed by atoms with E-state index in [-0.39, 0.29) is 17.9 Å². The molecule has 1 amide bonds. The highest BCUT2D eigenvalue weighted by Gasteiger charge is 2.46. The fourth-order valence-electron chi connectivity index (χ4n) is 4.20. The second-order valence-corrected chi connectivity index (χ2v) is 8.06. The first-order valence-electron chi connectivity index (χ1n) is 10.4. The number of nitrogens with zero attached hydrogens (tertiary/aromatic N) is 3. The van der Waals surface area contributed by atoms with E-state index in [4.69, 9.17) is 0 Å². The predicted molar refractivity (Wildman–Crippen MR) is 119 cm³/mol. The molecule has 2 aromatic heterocycles. The van der Waals surface area contributed by atoms with Crippen LogP contribution in [-0.2, 0) is 12.6 Å². The molecule has 166 valence electrons. The molecule has 3 heterocycles. The molecule has 8 heteroatoms. The van der Waals surface area contributed by atoms with E-state index in [9.17, 15) is 19.1 Å². The Morgan fingerprint density at radius 3 is 2.62 bits per heavy atom. The van der Waals surface area contributed by atoms with Crippen molar-refractivity contribution in [2.45, 2.75) is 25.0 Å². The molecule has 1 aliphatic heterocycles. The van der Waals surface area contributed by atoms with Crippen molar-refractivity contribution < 1.29 is 14.3 Å². The Kier molecular flexibility index (Phi) is 5.80. The summed E-state index contributed by atoms with van der Waals surface area (Å²) in [5, 5.41) is 14.2. The van der Waals surface area contributed by atoms with Gasteiger partial charge in [-0.1, -0.05) is 30.3 Å². The highest BCUT2D eigenvalue weighted by atomic mass is 19.1. The average molecular weight is 436 g/mol. The molecule has 0 unspecified atom stereocenters. The summed E-state index contributed by atoms with van der Waals surface area (Å²) >= 11 is 0. The summed E-state index contributed by atoms with van der Waals surface area (Å²) in [7, 11) is 1.61. The number of amides is 1. The van der Waals surface area contributed by atoms with Gasteiger partial charge in [-0.05, 0) is 43.2 Å². The number of aliphatic hydroxyl groups excluding tert-OH is 1. The van der Waals surface area contributed by atoms with Gasteiger partial charge in [0.15, 0.2) is 11.6 Å². The maximum atomic E-state index is 14.3. The van der Waals surface area contributed by atoms with Crippen LogP contribution in [0.15, 0.2) is 65.6 Å². The van der Waals surface area contributed by atoms with Gasteiger partial charge in [-0.2, -0.15) is 0 Å². The second-order valence-electron chi connectivity index (χ2n) is 8.06. The van der Waals surface area contributed by atoms with Crippen LogP contribution in [0.4, 0.5) is 10.2 Å². The molecule has 0 saturated carbocycles. The molecule has 0 bridgehead atoms. The van der Waals surface area contributed by atoms with Crippen LogP contribution in [0, 0.1) is 12.7 Å². The SMILES string of the molecule is Cc1ccc(C(=O)N[C@]2(c3ccccc3)CCN(c3ncccc3F)C[C@H]2O)c(=O)n1C. The van der Waals surface area contributed by atoms with Crippen molar-refractivity contribution in [3.8, 4) is 0 Å². The van der Waals surface area contributed by atoms with E-state index in [1.54, 1.807) is 24.9 Å². The minimum atomic E-state index is -1.14. The number of rotatable bonds is 4. The van der Waals surface area contributed by atoms with Gasteiger partial charge in [0.2, 0.25) is 0 Å². The quantitative estimate of drug-likeness (QED) is 0.654. The Bertz CT molecular complexity index is 1200. The van der Waals surface area contributed by atoms with Gasteiger partial charge in [0.25, 0.3) is 11.5 Å². The topological polar surface area (TPSA) is 87.5 Å². The van der Waals surface area contributed by atoms with Crippen LogP contribution in [0.2, 0.25) is 0 Å². The number of aryl methyl sites for hydroxylation is 1. The van der Waals surface area contributed by atoms with Crippen molar-refractivity contribution in [1.82, 2.24) is 14.9 Å². The first kappa shape index (κ1) is 21.7. The number of β-amino-alcohol motifs (C(OH)–C–C–N with tert-alkyl or cyclic N) is 1. The lowest BCUT2D eigenvalue weighted by Crippen LogP contribution is -2.62. The smallest absolute Gasteiger partial charge is 0.263 e. The Balaban J connectivity index is 1.69. The molecule has 1 fully saturated rings. The highest BCUT2D eigenvalue weighted by molar-refractivity contribution is 5.94. The van der Waals surface area contributed by atoms with E-state index in [0.717, 1.165) is 5.69 Å². The van der Waals surface area contributed by atoms with Gasteiger partial charge in [-0.25, -0.2) is 9.37 Å². The van der Waals surface area contributed by atoms with Gasteiger partial charge in [0, 0.05) is 32.0 Å². The van der Waals surface area contributed by atoms with Crippen LogP contribution in [0.1, 0.15) is 28.0 Å². The van der Waals surface area contributed by atoms with E-state index < -0.39 is 28.9 Å². The van der Waals surface area contributed by atoms with Crippen LogP contribution in [0.3, 0.4) is 0 Å². The number of anilines is 1. The van der Waals surface area contributed by atoms with Crippen molar-refractivity contribution in [3.05, 3.63) is 93.8 Å². The van der Waals surface area contributed by atoms with Crippen molar-refractivity contribution in [2.24, 2.45) is 7.05 Å². The molecule has 0 radical (unpaired) electrons. The summed E-state index contributed by atoms with van der Waals surface area (Å²) in [6, 6.07) is 15.2. The number of benzene rings is 1. The number of piperidine rings is 1. The summed E-state index contributed by atoms with van der Waals surface area (Å²) in [6.07, 6.45) is 0.726. The number of carbonyl (C=O) groups excluding carboxylic acids is 1. The number of aliphatic hydroxyl groups is 1. The lowest BCUT2D eigenvalue weighted by Gasteiger charge is -2.46. The molecule has 2 atom stereocenters.